The molecule has 0 bridgehead atoms. The van der Waals surface area contributed by atoms with Gasteiger partial charge in [-0.25, -0.2) is 4.98 Å². The van der Waals surface area contributed by atoms with Crippen LogP contribution in [0.1, 0.15) is 5.69 Å². The van der Waals surface area contributed by atoms with Crippen LogP contribution in [0.5, 0.6) is 0 Å². The maximum atomic E-state index is 5.67. The normalized spacial score (nSPS) is 10.1. The number of rotatable bonds is 3. The predicted molar refractivity (Wildman–Crippen MR) is 57.4 cm³/mol. The molecule has 0 spiro atoms. The molecule has 2 heterocycles. The monoisotopic (exact) mass is 207 g/mol. The molecule has 0 aliphatic heterocycles. The van der Waals surface area contributed by atoms with Gasteiger partial charge in [0.1, 0.15) is 5.15 Å². The molecule has 0 radical (unpaired) electrons. The Hall–Kier alpha value is -1.48. The number of hydrogen-bond donors (Lipinski definition) is 2. The quantitative estimate of drug-likeness (QED) is 0.760. The van der Waals surface area contributed by atoms with E-state index in [9.17, 15) is 0 Å². The summed E-state index contributed by atoms with van der Waals surface area (Å²) in [5, 5.41) is 3.73. The fraction of sp³-hybridized carbons (Fsp3) is 0.100. The van der Waals surface area contributed by atoms with E-state index in [2.05, 4.69) is 15.3 Å². The van der Waals surface area contributed by atoms with E-state index in [1.54, 1.807) is 12.3 Å². The first kappa shape index (κ1) is 9.09. The van der Waals surface area contributed by atoms with Crippen LogP contribution in [0.15, 0.2) is 36.7 Å². The van der Waals surface area contributed by atoms with Crippen LogP contribution in [-0.4, -0.2) is 9.97 Å². The van der Waals surface area contributed by atoms with E-state index < -0.39 is 0 Å². The summed E-state index contributed by atoms with van der Waals surface area (Å²) in [5.74, 6) is 0. The highest BCUT2D eigenvalue weighted by Crippen LogP contribution is 2.10. The van der Waals surface area contributed by atoms with Crippen molar-refractivity contribution < 1.29 is 0 Å². The lowest BCUT2D eigenvalue weighted by molar-refractivity contribution is 1.07. The first-order valence-electron chi connectivity index (χ1n) is 4.32. The molecule has 0 fully saturated rings. The standard InChI is InChI=1S/C10H10ClN3/c11-10-4-3-9(7-14-10)13-6-8-2-1-5-12-8/h1-5,7,12-13H,6H2. The molecule has 72 valence electrons. The minimum absolute atomic E-state index is 0.510. The summed E-state index contributed by atoms with van der Waals surface area (Å²) in [4.78, 5) is 7.08. The predicted octanol–water partition coefficient (Wildman–Crippen LogP) is 2.68. The number of anilines is 1. The van der Waals surface area contributed by atoms with Crippen molar-refractivity contribution in [3.8, 4) is 0 Å². The number of hydrogen-bond acceptors (Lipinski definition) is 2. The fourth-order valence-corrected chi connectivity index (χ4v) is 1.27. The van der Waals surface area contributed by atoms with E-state index in [1.807, 2.05) is 24.4 Å². The van der Waals surface area contributed by atoms with Crippen molar-refractivity contribution in [2.75, 3.05) is 5.32 Å². The number of nitrogens with zero attached hydrogens (tertiary/aromatic N) is 1. The van der Waals surface area contributed by atoms with Gasteiger partial charge in [-0.2, -0.15) is 0 Å². The van der Waals surface area contributed by atoms with Crippen LogP contribution in [0, 0.1) is 0 Å². The fourth-order valence-electron chi connectivity index (χ4n) is 1.16. The molecule has 0 saturated heterocycles. The number of nitrogens with one attached hydrogen (secondary N) is 2. The summed E-state index contributed by atoms with van der Waals surface area (Å²) in [7, 11) is 0. The largest absolute Gasteiger partial charge is 0.378 e. The number of halogens is 1. The SMILES string of the molecule is Clc1ccc(NCc2ccc[nH]2)cn1. The van der Waals surface area contributed by atoms with Gasteiger partial charge in [0.05, 0.1) is 18.4 Å². The van der Waals surface area contributed by atoms with Gasteiger partial charge in [0.2, 0.25) is 0 Å². The molecule has 3 nitrogen and oxygen atoms in total. The molecular formula is C10H10ClN3. The lowest BCUT2D eigenvalue weighted by atomic mass is 10.4. The Balaban J connectivity index is 1.95. The Morgan fingerprint density at radius 1 is 1.36 bits per heavy atom. The number of H-pyrrole nitrogens is 1. The molecule has 0 saturated carbocycles. The third-order valence-electron chi connectivity index (χ3n) is 1.87. The van der Waals surface area contributed by atoms with Crippen molar-refractivity contribution in [2.24, 2.45) is 0 Å². The molecule has 4 heteroatoms. The molecule has 2 rings (SSSR count). The first-order chi connectivity index (χ1) is 6.84. The molecule has 0 amide bonds. The Morgan fingerprint density at radius 3 is 2.93 bits per heavy atom. The van der Waals surface area contributed by atoms with Crippen molar-refractivity contribution in [3.05, 3.63) is 47.5 Å². The van der Waals surface area contributed by atoms with Gasteiger partial charge in [-0.1, -0.05) is 11.6 Å². The Bertz CT molecular complexity index is 380. The second kappa shape index (κ2) is 4.15. The van der Waals surface area contributed by atoms with Gasteiger partial charge in [-0.3, -0.25) is 0 Å². The highest BCUT2D eigenvalue weighted by molar-refractivity contribution is 6.29. The molecule has 0 aliphatic carbocycles. The summed E-state index contributed by atoms with van der Waals surface area (Å²) in [6.07, 6.45) is 3.61. The second-order valence-electron chi connectivity index (χ2n) is 2.92. The molecule has 0 aliphatic rings. The van der Waals surface area contributed by atoms with Crippen molar-refractivity contribution in [1.29, 1.82) is 0 Å². The van der Waals surface area contributed by atoms with Gasteiger partial charge in [-0.05, 0) is 24.3 Å². The average Bonchev–Trinajstić information content (AvgIpc) is 2.70. The van der Waals surface area contributed by atoms with E-state index in [0.717, 1.165) is 17.9 Å². The van der Waals surface area contributed by atoms with Crippen molar-refractivity contribution in [1.82, 2.24) is 9.97 Å². The lowest BCUT2D eigenvalue weighted by Crippen LogP contribution is -1.99. The average molecular weight is 208 g/mol. The third-order valence-corrected chi connectivity index (χ3v) is 2.10. The summed E-state index contributed by atoms with van der Waals surface area (Å²) < 4.78 is 0. The zero-order valence-corrected chi connectivity index (χ0v) is 8.25. The van der Waals surface area contributed by atoms with Gasteiger partial charge in [-0.15, -0.1) is 0 Å². The second-order valence-corrected chi connectivity index (χ2v) is 3.31. The lowest BCUT2D eigenvalue weighted by Gasteiger charge is -2.03. The van der Waals surface area contributed by atoms with E-state index in [1.165, 1.54) is 0 Å². The zero-order valence-electron chi connectivity index (χ0n) is 7.50. The Labute approximate surface area is 87.1 Å². The summed E-state index contributed by atoms with van der Waals surface area (Å²) in [6.45, 7) is 0.760. The molecule has 0 atom stereocenters. The topological polar surface area (TPSA) is 40.7 Å². The van der Waals surface area contributed by atoms with Crippen molar-refractivity contribution >= 4 is 17.3 Å². The molecule has 0 aromatic carbocycles. The van der Waals surface area contributed by atoms with Gasteiger partial charge in [0.25, 0.3) is 0 Å². The molecular weight excluding hydrogens is 198 g/mol. The highest BCUT2D eigenvalue weighted by Gasteiger charge is 1.94. The van der Waals surface area contributed by atoms with Crippen LogP contribution in [0.4, 0.5) is 5.69 Å². The van der Waals surface area contributed by atoms with Gasteiger partial charge >= 0.3 is 0 Å². The number of pyridine rings is 1. The molecule has 2 aromatic rings. The Morgan fingerprint density at radius 2 is 2.29 bits per heavy atom. The summed E-state index contributed by atoms with van der Waals surface area (Å²) in [5.41, 5.74) is 2.10. The summed E-state index contributed by atoms with van der Waals surface area (Å²) >= 11 is 5.67. The first-order valence-corrected chi connectivity index (χ1v) is 4.70. The Kier molecular flexibility index (Phi) is 2.70. The van der Waals surface area contributed by atoms with Crippen molar-refractivity contribution in [3.63, 3.8) is 0 Å². The minimum atomic E-state index is 0.510. The van der Waals surface area contributed by atoms with E-state index in [-0.39, 0.29) is 0 Å². The van der Waals surface area contributed by atoms with E-state index >= 15 is 0 Å². The molecule has 0 unspecified atom stereocenters. The van der Waals surface area contributed by atoms with Gasteiger partial charge in [0, 0.05) is 11.9 Å². The van der Waals surface area contributed by atoms with Crippen LogP contribution in [0.3, 0.4) is 0 Å². The maximum absolute atomic E-state index is 5.67. The zero-order chi connectivity index (χ0) is 9.80. The number of aromatic nitrogens is 2. The molecule has 2 N–H and O–H groups in total. The smallest absolute Gasteiger partial charge is 0.129 e. The van der Waals surface area contributed by atoms with Crippen molar-refractivity contribution in [2.45, 2.75) is 6.54 Å². The molecule has 14 heavy (non-hydrogen) atoms. The van der Waals surface area contributed by atoms with Crippen LogP contribution in [-0.2, 0) is 6.54 Å². The van der Waals surface area contributed by atoms with Gasteiger partial charge in [0.15, 0.2) is 0 Å². The third kappa shape index (κ3) is 2.26. The highest BCUT2D eigenvalue weighted by atomic mass is 35.5. The molecule has 2 aromatic heterocycles. The maximum Gasteiger partial charge on any atom is 0.129 e. The van der Waals surface area contributed by atoms with Crippen LogP contribution < -0.4 is 5.32 Å². The van der Waals surface area contributed by atoms with E-state index in [4.69, 9.17) is 11.6 Å². The van der Waals surface area contributed by atoms with Crippen LogP contribution in [0.25, 0.3) is 0 Å². The number of aromatic amines is 1. The van der Waals surface area contributed by atoms with E-state index in [0.29, 0.717) is 5.15 Å². The summed E-state index contributed by atoms with van der Waals surface area (Å²) in [6, 6.07) is 7.66. The van der Waals surface area contributed by atoms with Crippen LogP contribution in [0.2, 0.25) is 5.15 Å². The minimum Gasteiger partial charge on any atom is -0.378 e. The van der Waals surface area contributed by atoms with Crippen LogP contribution >= 0.6 is 11.6 Å². The van der Waals surface area contributed by atoms with Gasteiger partial charge < -0.3 is 10.3 Å².